The zero-order chi connectivity index (χ0) is 29.6. The summed E-state index contributed by atoms with van der Waals surface area (Å²) >= 11 is 0. The van der Waals surface area contributed by atoms with E-state index in [2.05, 4.69) is 49.4 Å². The Balaban J connectivity index is 1.08. The number of hydrogen-bond acceptors (Lipinski definition) is 8. The second-order valence-corrected chi connectivity index (χ2v) is 12.5. The summed E-state index contributed by atoms with van der Waals surface area (Å²) in [6, 6.07) is 13.1. The fraction of sp³-hybridized carbons (Fsp3) is 0.500. The number of benzene rings is 1. The van der Waals surface area contributed by atoms with Crippen LogP contribution in [0.4, 0.5) is 17.3 Å². The molecule has 3 aliphatic rings. The number of piperidine rings is 2. The van der Waals surface area contributed by atoms with Gasteiger partial charge in [0.05, 0.1) is 6.20 Å². The van der Waals surface area contributed by atoms with Gasteiger partial charge in [-0.1, -0.05) is 31.0 Å². The van der Waals surface area contributed by atoms with Gasteiger partial charge in [-0.15, -0.1) is 0 Å². The van der Waals surface area contributed by atoms with Crippen LogP contribution in [0.1, 0.15) is 85.3 Å². The first-order valence-corrected chi connectivity index (χ1v) is 16.0. The van der Waals surface area contributed by atoms with Crippen LogP contribution in [0.25, 0.3) is 0 Å². The minimum atomic E-state index is -0.621. The van der Waals surface area contributed by atoms with E-state index in [-0.39, 0.29) is 17.4 Å². The van der Waals surface area contributed by atoms with E-state index in [4.69, 9.17) is 10.7 Å². The van der Waals surface area contributed by atoms with Crippen molar-refractivity contribution in [3.63, 3.8) is 0 Å². The average Bonchev–Trinajstić information content (AvgIpc) is 3.57. The van der Waals surface area contributed by atoms with Crippen LogP contribution in [0.5, 0.6) is 0 Å². The number of amides is 1. The highest BCUT2D eigenvalue weighted by Gasteiger charge is 2.28. The molecule has 1 aliphatic carbocycles. The summed E-state index contributed by atoms with van der Waals surface area (Å²) in [6.45, 7) is 3.92. The SMILES string of the molecule is NC(=O)c1ncc(N2CCC[C@@H](CC(=O)Cc3cccnc3)C2)nc1Nc1ccc(C2CCN(C3CCCC3)CC2)cc1. The number of Topliss-reactive ketones (excluding diaryl/α,β-unsaturated/α-hetero) is 1. The van der Waals surface area contributed by atoms with Crippen molar-refractivity contribution in [2.45, 2.75) is 76.2 Å². The Kier molecular flexibility index (Phi) is 9.27. The molecule has 9 heteroatoms. The number of rotatable bonds is 10. The number of nitrogens with zero attached hydrogens (tertiary/aromatic N) is 5. The number of aromatic nitrogens is 3. The number of ketones is 1. The van der Waals surface area contributed by atoms with Crippen LogP contribution in [0, 0.1) is 5.92 Å². The maximum Gasteiger partial charge on any atom is 0.271 e. The number of nitrogens with one attached hydrogen (secondary N) is 1. The van der Waals surface area contributed by atoms with Gasteiger partial charge in [-0.05, 0) is 92.8 Å². The lowest BCUT2D eigenvalue weighted by Crippen LogP contribution is -2.39. The van der Waals surface area contributed by atoms with Crippen LogP contribution < -0.4 is 16.0 Å². The average molecular weight is 582 g/mol. The second-order valence-electron chi connectivity index (χ2n) is 12.5. The van der Waals surface area contributed by atoms with Gasteiger partial charge in [0.15, 0.2) is 11.5 Å². The summed E-state index contributed by atoms with van der Waals surface area (Å²) in [6.07, 6.45) is 15.9. The van der Waals surface area contributed by atoms with E-state index in [9.17, 15) is 9.59 Å². The van der Waals surface area contributed by atoms with Crippen LogP contribution in [0.2, 0.25) is 0 Å². The number of carbonyl (C=O) groups is 2. The largest absolute Gasteiger partial charge is 0.364 e. The summed E-state index contributed by atoms with van der Waals surface area (Å²) in [5.74, 6) is 1.47. The van der Waals surface area contributed by atoms with E-state index in [1.807, 2.05) is 12.1 Å². The summed E-state index contributed by atoms with van der Waals surface area (Å²) in [4.78, 5) is 43.2. The maximum absolute atomic E-state index is 12.8. The van der Waals surface area contributed by atoms with Gasteiger partial charge in [0.1, 0.15) is 11.6 Å². The lowest BCUT2D eigenvalue weighted by atomic mass is 9.88. The first-order chi connectivity index (χ1) is 21.0. The molecule has 1 amide bonds. The van der Waals surface area contributed by atoms with Crippen molar-refractivity contribution in [1.82, 2.24) is 19.9 Å². The quantitative estimate of drug-likeness (QED) is 0.333. The molecule has 2 aromatic heterocycles. The third-order valence-corrected chi connectivity index (χ3v) is 9.49. The molecule has 9 nitrogen and oxygen atoms in total. The molecule has 3 fully saturated rings. The molecule has 0 bridgehead atoms. The zero-order valence-corrected chi connectivity index (χ0v) is 25.0. The Morgan fingerprint density at radius 2 is 1.72 bits per heavy atom. The highest BCUT2D eigenvalue weighted by Crippen LogP contribution is 2.33. The third kappa shape index (κ3) is 7.39. The Labute approximate surface area is 254 Å². The van der Waals surface area contributed by atoms with Gasteiger partial charge in [-0.25, -0.2) is 9.97 Å². The number of pyridine rings is 1. The van der Waals surface area contributed by atoms with E-state index in [1.54, 1.807) is 18.6 Å². The van der Waals surface area contributed by atoms with Crippen LogP contribution in [0.3, 0.4) is 0 Å². The Morgan fingerprint density at radius 3 is 2.44 bits per heavy atom. The van der Waals surface area contributed by atoms with Crippen molar-refractivity contribution in [3.8, 4) is 0 Å². The summed E-state index contributed by atoms with van der Waals surface area (Å²) in [5, 5.41) is 3.31. The number of hydrogen-bond donors (Lipinski definition) is 2. The van der Waals surface area contributed by atoms with Crippen LogP contribution >= 0.6 is 0 Å². The van der Waals surface area contributed by atoms with Gasteiger partial charge < -0.3 is 20.9 Å². The van der Waals surface area contributed by atoms with Crippen molar-refractivity contribution in [2.24, 2.45) is 11.7 Å². The highest BCUT2D eigenvalue weighted by atomic mass is 16.1. The van der Waals surface area contributed by atoms with Crippen LogP contribution in [0.15, 0.2) is 55.0 Å². The molecular weight excluding hydrogens is 538 g/mol. The minimum Gasteiger partial charge on any atom is -0.364 e. The smallest absolute Gasteiger partial charge is 0.271 e. The van der Waals surface area contributed by atoms with Gasteiger partial charge >= 0.3 is 0 Å². The zero-order valence-electron chi connectivity index (χ0n) is 25.0. The van der Waals surface area contributed by atoms with Crippen molar-refractivity contribution in [3.05, 3.63) is 71.8 Å². The Bertz CT molecular complexity index is 1380. The lowest BCUT2D eigenvalue weighted by Gasteiger charge is -2.36. The summed E-state index contributed by atoms with van der Waals surface area (Å²) < 4.78 is 0. The van der Waals surface area contributed by atoms with Gasteiger partial charge in [0, 0.05) is 50.1 Å². The van der Waals surface area contributed by atoms with E-state index in [1.165, 1.54) is 57.2 Å². The molecule has 2 saturated heterocycles. The van der Waals surface area contributed by atoms with E-state index < -0.39 is 5.91 Å². The van der Waals surface area contributed by atoms with Gasteiger partial charge in [0.25, 0.3) is 5.91 Å². The molecule has 2 aliphatic heterocycles. The molecule has 3 N–H and O–H groups in total. The van der Waals surface area contributed by atoms with Crippen molar-refractivity contribution >= 4 is 29.0 Å². The molecule has 226 valence electrons. The monoisotopic (exact) mass is 581 g/mol. The van der Waals surface area contributed by atoms with Crippen molar-refractivity contribution < 1.29 is 9.59 Å². The third-order valence-electron chi connectivity index (χ3n) is 9.49. The molecule has 1 saturated carbocycles. The number of primary amides is 1. The number of anilines is 3. The minimum absolute atomic E-state index is 0.118. The summed E-state index contributed by atoms with van der Waals surface area (Å²) in [7, 11) is 0. The Hall–Kier alpha value is -3.85. The molecule has 0 spiro atoms. The fourth-order valence-corrected chi connectivity index (χ4v) is 7.21. The van der Waals surface area contributed by atoms with E-state index in [0.717, 1.165) is 43.2 Å². The van der Waals surface area contributed by atoms with Crippen molar-refractivity contribution in [1.29, 1.82) is 0 Å². The van der Waals surface area contributed by atoms with Gasteiger partial charge in [-0.3, -0.25) is 14.6 Å². The molecular formula is C34H43N7O2. The second kappa shape index (κ2) is 13.6. The molecule has 1 aromatic carbocycles. The first kappa shape index (κ1) is 29.2. The van der Waals surface area contributed by atoms with E-state index in [0.29, 0.717) is 30.4 Å². The van der Waals surface area contributed by atoms with Crippen LogP contribution in [-0.2, 0) is 11.2 Å². The number of nitrogens with two attached hydrogens (primary N) is 1. The predicted octanol–water partition coefficient (Wildman–Crippen LogP) is 5.25. The molecule has 3 aromatic rings. The van der Waals surface area contributed by atoms with Crippen molar-refractivity contribution in [2.75, 3.05) is 36.4 Å². The van der Waals surface area contributed by atoms with Gasteiger partial charge in [-0.2, -0.15) is 0 Å². The standard InChI is InChI=1S/C34H43N7O2/c35-33(43)32-34(38-28-11-9-26(10-12-28)27-13-17-40(18-14-27)29-7-1-2-8-29)39-31(22-37-32)41-16-4-6-25(23-41)20-30(42)19-24-5-3-15-36-21-24/h3,5,9-12,15,21-22,25,27,29H,1-2,4,6-8,13-14,16-20,23H2,(H2,35,43)(H,38,39)/t25-/m0/s1. The highest BCUT2D eigenvalue weighted by molar-refractivity contribution is 5.96. The number of likely N-dealkylation sites (tertiary alicyclic amines) is 1. The number of carbonyl (C=O) groups excluding carboxylic acids is 2. The normalized spacial score (nSPS) is 20.3. The van der Waals surface area contributed by atoms with E-state index >= 15 is 0 Å². The predicted molar refractivity (Wildman–Crippen MR) is 169 cm³/mol. The molecule has 4 heterocycles. The maximum atomic E-state index is 12.8. The lowest BCUT2D eigenvalue weighted by molar-refractivity contribution is -0.119. The Morgan fingerprint density at radius 1 is 0.930 bits per heavy atom. The molecule has 6 rings (SSSR count). The molecule has 0 unspecified atom stereocenters. The summed E-state index contributed by atoms with van der Waals surface area (Å²) in [5.41, 5.74) is 8.95. The molecule has 1 atom stereocenters. The molecule has 43 heavy (non-hydrogen) atoms. The first-order valence-electron chi connectivity index (χ1n) is 16.0. The van der Waals surface area contributed by atoms with Gasteiger partial charge in [0.2, 0.25) is 0 Å². The molecule has 0 radical (unpaired) electrons. The topological polar surface area (TPSA) is 117 Å². The fourth-order valence-electron chi connectivity index (χ4n) is 7.21. The van der Waals surface area contributed by atoms with Crippen LogP contribution in [-0.4, -0.2) is 63.8 Å².